The third kappa shape index (κ3) is 2.55. The van der Waals surface area contributed by atoms with Gasteiger partial charge in [-0.3, -0.25) is 0 Å². The first-order chi connectivity index (χ1) is 7.66. The monoisotopic (exact) mass is 221 g/mol. The van der Waals surface area contributed by atoms with Gasteiger partial charge in [-0.25, -0.2) is 4.39 Å². The highest BCUT2D eigenvalue weighted by Crippen LogP contribution is 2.28. The maximum Gasteiger partial charge on any atom is 0.118 e. The molecule has 0 aliphatic carbocycles. The van der Waals surface area contributed by atoms with Crippen LogP contribution in [0.15, 0.2) is 30.3 Å². The number of piperidine rings is 1. The molecule has 2 unspecified atom stereocenters. The molecule has 1 nitrogen and oxygen atoms in total. The van der Waals surface area contributed by atoms with Gasteiger partial charge in [-0.05, 0) is 30.4 Å². The summed E-state index contributed by atoms with van der Waals surface area (Å²) in [5.41, 5.74) is 1.15. The molecule has 2 heteroatoms. The minimum Gasteiger partial charge on any atom is -0.368 e. The van der Waals surface area contributed by atoms with Gasteiger partial charge in [-0.15, -0.1) is 0 Å². The lowest BCUT2D eigenvalue weighted by molar-refractivity contribution is 0.203. The number of benzene rings is 1. The van der Waals surface area contributed by atoms with Crippen molar-refractivity contribution in [3.05, 3.63) is 30.3 Å². The fraction of sp³-hybridized carbons (Fsp3) is 0.571. The van der Waals surface area contributed by atoms with Crippen molar-refractivity contribution in [1.29, 1.82) is 0 Å². The van der Waals surface area contributed by atoms with Gasteiger partial charge in [0.2, 0.25) is 0 Å². The zero-order chi connectivity index (χ0) is 11.5. The summed E-state index contributed by atoms with van der Waals surface area (Å²) in [7, 11) is 0. The number of para-hydroxylation sites is 1. The minimum absolute atomic E-state index is 0.476. The first-order valence-electron chi connectivity index (χ1n) is 6.11. The van der Waals surface area contributed by atoms with Crippen molar-refractivity contribution >= 4 is 5.69 Å². The Hall–Kier alpha value is -1.05. The van der Waals surface area contributed by atoms with E-state index >= 15 is 0 Å². The molecule has 2 rings (SSSR count). The van der Waals surface area contributed by atoms with Gasteiger partial charge in [0.15, 0.2) is 0 Å². The highest BCUT2D eigenvalue weighted by atomic mass is 19.1. The van der Waals surface area contributed by atoms with Crippen LogP contribution in [0, 0.1) is 11.8 Å². The molecule has 2 atom stereocenters. The van der Waals surface area contributed by atoms with E-state index in [1.54, 1.807) is 0 Å². The smallest absolute Gasteiger partial charge is 0.118 e. The van der Waals surface area contributed by atoms with Crippen molar-refractivity contribution in [2.45, 2.75) is 26.4 Å². The summed E-state index contributed by atoms with van der Waals surface area (Å²) in [6, 6.07) is 10.2. The van der Waals surface area contributed by atoms with E-state index in [4.69, 9.17) is 0 Å². The summed E-state index contributed by atoms with van der Waals surface area (Å²) in [6.45, 7) is 5.91. The van der Waals surface area contributed by atoms with Crippen LogP contribution >= 0.6 is 0 Å². The molecule has 1 aromatic carbocycles. The van der Waals surface area contributed by atoms with Crippen LogP contribution in [0.1, 0.15) is 20.3 Å². The molecule has 1 aromatic rings. The molecule has 0 N–H and O–H groups in total. The highest BCUT2D eigenvalue weighted by Gasteiger charge is 2.28. The SMILES string of the molecule is CC(C)C1CC(F)CN(c2ccccc2)C1. The summed E-state index contributed by atoms with van der Waals surface area (Å²) >= 11 is 0. The number of hydrogen-bond donors (Lipinski definition) is 0. The summed E-state index contributed by atoms with van der Waals surface area (Å²) < 4.78 is 13.7. The molecule has 0 radical (unpaired) electrons. The lowest BCUT2D eigenvalue weighted by Gasteiger charge is -2.38. The molecule has 1 aliphatic rings. The van der Waals surface area contributed by atoms with Crippen LogP contribution in [-0.4, -0.2) is 19.3 Å². The van der Waals surface area contributed by atoms with Crippen molar-refractivity contribution in [1.82, 2.24) is 0 Å². The van der Waals surface area contributed by atoms with Gasteiger partial charge in [0, 0.05) is 18.8 Å². The molecular formula is C14H20FN. The maximum atomic E-state index is 13.7. The van der Waals surface area contributed by atoms with Gasteiger partial charge in [-0.1, -0.05) is 32.0 Å². The first-order valence-corrected chi connectivity index (χ1v) is 6.11. The van der Waals surface area contributed by atoms with E-state index in [0.29, 0.717) is 18.4 Å². The Morgan fingerprint density at radius 3 is 2.50 bits per heavy atom. The normalized spacial score (nSPS) is 26.1. The third-order valence-corrected chi connectivity index (χ3v) is 3.50. The van der Waals surface area contributed by atoms with E-state index in [0.717, 1.165) is 18.7 Å². The fourth-order valence-electron chi connectivity index (χ4n) is 2.41. The predicted molar refractivity (Wildman–Crippen MR) is 66.5 cm³/mol. The Bertz CT molecular complexity index is 323. The van der Waals surface area contributed by atoms with Gasteiger partial charge in [0.1, 0.15) is 6.17 Å². The Balaban J connectivity index is 2.11. The van der Waals surface area contributed by atoms with E-state index in [1.165, 1.54) is 0 Å². The van der Waals surface area contributed by atoms with Crippen molar-refractivity contribution in [3.8, 4) is 0 Å². The fourth-order valence-corrected chi connectivity index (χ4v) is 2.41. The number of alkyl halides is 1. The van der Waals surface area contributed by atoms with Crippen LogP contribution < -0.4 is 4.90 Å². The molecule has 88 valence electrons. The van der Waals surface area contributed by atoms with Crippen LogP contribution in [0.2, 0.25) is 0 Å². The second-order valence-electron chi connectivity index (χ2n) is 5.08. The number of anilines is 1. The maximum absolute atomic E-state index is 13.7. The van der Waals surface area contributed by atoms with Crippen molar-refractivity contribution in [3.63, 3.8) is 0 Å². The van der Waals surface area contributed by atoms with Crippen LogP contribution in [-0.2, 0) is 0 Å². The van der Waals surface area contributed by atoms with E-state index in [-0.39, 0.29) is 0 Å². The Morgan fingerprint density at radius 2 is 1.88 bits per heavy atom. The van der Waals surface area contributed by atoms with Gasteiger partial charge in [-0.2, -0.15) is 0 Å². The molecule has 0 saturated carbocycles. The van der Waals surface area contributed by atoms with E-state index in [1.807, 2.05) is 18.2 Å². The lowest BCUT2D eigenvalue weighted by atomic mass is 9.87. The van der Waals surface area contributed by atoms with Gasteiger partial charge in [0.25, 0.3) is 0 Å². The second-order valence-corrected chi connectivity index (χ2v) is 5.08. The standard InChI is InChI=1S/C14H20FN/c1-11(2)12-8-13(15)10-16(9-12)14-6-4-3-5-7-14/h3-7,11-13H,8-10H2,1-2H3. The quantitative estimate of drug-likeness (QED) is 0.738. The average molecular weight is 221 g/mol. The highest BCUT2D eigenvalue weighted by molar-refractivity contribution is 5.46. The predicted octanol–water partition coefficient (Wildman–Crippen LogP) is 3.51. The Labute approximate surface area is 97.3 Å². The van der Waals surface area contributed by atoms with Gasteiger partial charge < -0.3 is 4.90 Å². The average Bonchev–Trinajstić information content (AvgIpc) is 2.29. The number of rotatable bonds is 2. The van der Waals surface area contributed by atoms with Crippen LogP contribution in [0.5, 0.6) is 0 Å². The van der Waals surface area contributed by atoms with Crippen LogP contribution in [0.25, 0.3) is 0 Å². The number of hydrogen-bond acceptors (Lipinski definition) is 1. The Morgan fingerprint density at radius 1 is 1.19 bits per heavy atom. The molecule has 16 heavy (non-hydrogen) atoms. The molecule has 0 aromatic heterocycles. The van der Waals surface area contributed by atoms with Crippen LogP contribution in [0.4, 0.5) is 10.1 Å². The largest absolute Gasteiger partial charge is 0.368 e. The molecule has 1 aliphatic heterocycles. The van der Waals surface area contributed by atoms with E-state index in [9.17, 15) is 4.39 Å². The summed E-state index contributed by atoms with van der Waals surface area (Å²) in [6.07, 6.45) is 0.0439. The topological polar surface area (TPSA) is 3.24 Å². The van der Waals surface area contributed by atoms with Gasteiger partial charge >= 0.3 is 0 Å². The zero-order valence-electron chi connectivity index (χ0n) is 10.1. The summed E-state index contributed by atoms with van der Waals surface area (Å²) in [5, 5.41) is 0. The molecular weight excluding hydrogens is 201 g/mol. The molecule has 1 heterocycles. The Kier molecular flexibility index (Phi) is 3.47. The lowest BCUT2D eigenvalue weighted by Crippen LogP contribution is -2.43. The number of nitrogens with zero attached hydrogens (tertiary/aromatic N) is 1. The van der Waals surface area contributed by atoms with Gasteiger partial charge in [0.05, 0.1) is 0 Å². The summed E-state index contributed by atoms with van der Waals surface area (Å²) in [4.78, 5) is 2.18. The molecule has 0 bridgehead atoms. The molecule has 1 fully saturated rings. The molecule has 0 amide bonds. The van der Waals surface area contributed by atoms with Crippen molar-refractivity contribution in [2.24, 2.45) is 11.8 Å². The summed E-state index contributed by atoms with van der Waals surface area (Å²) in [5.74, 6) is 1.04. The van der Waals surface area contributed by atoms with Crippen LogP contribution in [0.3, 0.4) is 0 Å². The second kappa shape index (κ2) is 4.86. The minimum atomic E-state index is -0.679. The molecule has 1 saturated heterocycles. The zero-order valence-corrected chi connectivity index (χ0v) is 10.1. The first kappa shape index (κ1) is 11.4. The van der Waals surface area contributed by atoms with Crippen molar-refractivity contribution in [2.75, 3.05) is 18.0 Å². The number of halogens is 1. The third-order valence-electron chi connectivity index (χ3n) is 3.50. The van der Waals surface area contributed by atoms with E-state index < -0.39 is 6.17 Å². The molecule has 0 spiro atoms. The van der Waals surface area contributed by atoms with Crippen molar-refractivity contribution < 1.29 is 4.39 Å². The van der Waals surface area contributed by atoms with E-state index in [2.05, 4.69) is 30.9 Å².